The van der Waals surface area contributed by atoms with Crippen molar-refractivity contribution in [3.63, 3.8) is 0 Å². The smallest absolute Gasteiger partial charge is 0.323 e. The molecule has 0 nitrogen and oxygen atoms in total. The first-order valence-electron chi connectivity index (χ1n) is 5.39. The van der Waals surface area contributed by atoms with E-state index in [4.69, 9.17) is 0 Å². The molecule has 2 atom stereocenters. The maximum absolute atomic E-state index is 2.32. The van der Waals surface area contributed by atoms with Crippen LogP contribution < -0.4 is 0 Å². The first kappa shape index (κ1) is 20.2. The fourth-order valence-corrected chi connectivity index (χ4v) is 0.923. The molecule has 82 valence electrons. The molecule has 0 radical (unpaired) electrons. The van der Waals surface area contributed by atoms with Crippen molar-refractivity contribution in [1.82, 2.24) is 0 Å². The van der Waals surface area contributed by atoms with Crippen molar-refractivity contribution in [3.05, 3.63) is 11.8 Å². The molecule has 0 N–H and O–H groups in total. The molecule has 0 heterocycles. The quantitative estimate of drug-likeness (QED) is 0.473. The molecular formula is C13H28Mg. The van der Waals surface area contributed by atoms with E-state index in [0.717, 1.165) is 11.8 Å². The van der Waals surface area contributed by atoms with Crippen LogP contribution in [0.2, 0.25) is 0 Å². The molecule has 0 aromatic carbocycles. The molecule has 0 saturated carbocycles. The summed E-state index contributed by atoms with van der Waals surface area (Å²) in [6.45, 7) is 17.6. The van der Waals surface area contributed by atoms with Crippen molar-refractivity contribution in [1.29, 1.82) is 0 Å². The summed E-state index contributed by atoms with van der Waals surface area (Å²) in [6, 6.07) is 0. The summed E-state index contributed by atoms with van der Waals surface area (Å²) < 4.78 is 0. The molecule has 0 saturated heterocycles. The van der Waals surface area contributed by atoms with Crippen molar-refractivity contribution in [3.8, 4) is 0 Å². The number of hydrogen-bond donors (Lipinski definition) is 0. The van der Waals surface area contributed by atoms with Crippen LogP contribution in [0, 0.1) is 23.7 Å². The van der Waals surface area contributed by atoms with Crippen LogP contribution in [0.4, 0.5) is 0 Å². The van der Waals surface area contributed by atoms with Crippen LogP contribution in [0.3, 0.4) is 0 Å². The Hall–Kier alpha value is 0.766. The van der Waals surface area contributed by atoms with Gasteiger partial charge in [-0.3, -0.25) is 0 Å². The molecule has 0 aromatic rings. The van der Waals surface area contributed by atoms with Crippen LogP contribution in [-0.2, 0) is 0 Å². The Kier molecular flexibility index (Phi) is 17.1. The first-order chi connectivity index (χ1) is 5.82. The maximum atomic E-state index is 2.32. The number of rotatable bonds is 3. The minimum absolute atomic E-state index is 0. The molecule has 1 heteroatoms. The van der Waals surface area contributed by atoms with Gasteiger partial charge in [-0.05, 0) is 0 Å². The van der Waals surface area contributed by atoms with Gasteiger partial charge in [-0.2, -0.15) is 40.5 Å². The van der Waals surface area contributed by atoms with E-state index >= 15 is 0 Å². The van der Waals surface area contributed by atoms with Crippen LogP contribution in [0.1, 0.15) is 61.8 Å². The zero-order chi connectivity index (χ0) is 11.0. The molecule has 14 heavy (non-hydrogen) atoms. The Morgan fingerprint density at radius 3 is 1.29 bits per heavy atom. The second kappa shape index (κ2) is 11.8. The van der Waals surface area contributed by atoms with Gasteiger partial charge in [-0.15, -0.1) is 0 Å². The average Bonchev–Trinajstić information content (AvgIpc) is 2.00. The molecule has 0 aliphatic heterocycles. The Labute approximate surface area is 108 Å². The fraction of sp³-hybridized carbons (Fsp3) is 0.846. The van der Waals surface area contributed by atoms with Crippen molar-refractivity contribution < 1.29 is 0 Å². The summed E-state index contributed by atoms with van der Waals surface area (Å²) in [6.07, 6.45) is 1.30. The monoisotopic (exact) mass is 208 g/mol. The van der Waals surface area contributed by atoms with Gasteiger partial charge in [0, 0.05) is 0 Å². The normalized spacial score (nSPS) is 14.1. The fourth-order valence-electron chi connectivity index (χ4n) is 0.923. The third kappa shape index (κ3) is 15.2. The van der Waals surface area contributed by atoms with Gasteiger partial charge in [-0.1, -0.05) is 33.1 Å². The van der Waals surface area contributed by atoms with Crippen LogP contribution in [0.25, 0.3) is 0 Å². The van der Waals surface area contributed by atoms with Crippen molar-refractivity contribution >= 4 is 23.1 Å². The van der Waals surface area contributed by atoms with E-state index in [-0.39, 0.29) is 23.1 Å². The minimum atomic E-state index is 0. The molecule has 0 rings (SSSR count). The van der Waals surface area contributed by atoms with Gasteiger partial charge in [-0.25, -0.2) is 0 Å². The Morgan fingerprint density at radius 1 is 0.929 bits per heavy atom. The molecule has 0 spiro atoms. The minimum Gasteiger partial charge on any atom is -0.323 e. The van der Waals surface area contributed by atoms with Gasteiger partial charge in [0.1, 0.15) is 0 Å². The van der Waals surface area contributed by atoms with Crippen LogP contribution >= 0.6 is 0 Å². The average molecular weight is 209 g/mol. The van der Waals surface area contributed by atoms with E-state index in [2.05, 4.69) is 55.4 Å². The summed E-state index contributed by atoms with van der Waals surface area (Å²) in [4.78, 5) is 0. The van der Waals surface area contributed by atoms with E-state index < -0.39 is 0 Å². The second-order valence-electron chi connectivity index (χ2n) is 4.75. The molecule has 0 aromatic heterocycles. The molecule has 0 aliphatic carbocycles. The van der Waals surface area contributed by atoms with Crippen molar-refractivity contribution in [2.45, 2.75) is 61.8 Å². The van der Waals surface area contributed by atoms with Crippen molar-refractivity contribution in [2.24, 2.45) is 11.8 Å². The topological polar surface area (TPSA) is 0 Å². The third-order valence-electron chi connectivity index (χ3n) is 2.41. The maximum Gasteiger partial charge on any atom is 2.00 e. The SMILES string of the molecule is CCC(C)C(C)[C-](C)C.C[C-](C)C.[Mg+2]. The van der Waals surface area contributed by atoms with Crippen LogP contribution in [0.15, 0.2) is 0 Å². The molecule has 0 fully saturated rings. The van der Waals surface area contributed by atoms with Crippen LogP contribution in [-0.4, -0.2) is 23.1 Å². The first-order valence-corrected chi connectivity index (χ1v) is 5.39. The van der Waals surface area contributed by atoms with Gasteiger partial charge >= 0.3 is 23.1 Å². The Morgan fingerprint density at radius 2 is 1.21 bits per heavy atom. The summed E-state index contributed by atoms with van der Waals surface area (Å²) >= 11 is 0. The van der Waals surface area contributed by atoms with E-state index in [0.29, 0.717) is 0 Å². The molecule has 2 unspecified atom stereocenters. The Bertz CT molecular complexity index is 94.7. The predicted octanol–water partition coefficient (Wildman–Crippen LogP) is 4.52. The molecule has 0 aliphatic rings. The van der Waals surface area contributed by atoms with Gasteiger partial charge in [0.05, 0.1) is 0 Å². The second-order valence-corrected chi connectivity index (χ2v) is 4.75. The predicted molar refractivity (Wildman–Crippen MR) is 69.2 cm³/mol. The van der Waals surface area contributed by atoms with E-state index in [1.54, 1.807) is 5.92 Å². The summed E-state index contributed by atoms with van der Waals surface area (Å²) in [5.41, 5.74) is 0. The third-order valence-corrected chi connectivity index (χ3v) is 2.41. The van der Waals surface area contributed by atoms with E-state index in [9.17, 15) is 0 Å². The van der Waals surface area contributed by atoms with E-state index in [1.807, 2.05) is 0 Å². The summed E-state index contributed by atoms with van der Waals surface area (Å²) in [5.74, 6) is 4.63. The van der Waals surface area contributed by atoms with Gasteiger partial charge in [0.15, 0.2) is 0 Å². The Balaban J connectivity index is -0.000000209. The van der Waals surface area contributed by atoms with Crippen molar-refractivity contribution in [2.75, 3.05) is 0 Å². The van der Waals surface area contributed by atoms with E-state index in [1.165, 1.54) is 12.3 Å². The summed E-state index contributed by atoms with van der Waals surface area (Å²) in [5, 5.41) is 0. The zero-order valence-corrected chi connectivity index (χ0v) is 13.0. The zero-order valence-electron chi connectivity index (χ0n) is 11.6. The molecule has 0 bridgehead atoms. The molecular weight excluding hydrogens is 180 g/mol. The molecule has 0 amide bonds. The van der Waals surface area contributed by atoms with Crippen LogP contribution in [0.5, 0.6) is 0 Å². The van der Waals surface area contributed by atoms with Gasteiger partial charge < -0.3 is 11.8 Å². The standard InChI is InChI=1S/C9H19.C4H9.Mg/c1-6-8(4)9(5)7(2)3;1-4(2)3;/h8-9H,6H2,1-5H3;1-3H3;/q2*-1;+2. The summed E-state index contributed by atoms with van der Waals surface area (Å²) in [7, 11) is 0. The number of hydrogen-bond acceptors (Lipinski definition) is 0. The largest absolute Gasteiger partial charge is 2.00 e. The van der Waals surface area contributed by atoms with Gasteiger partial charge in [0.25, 0.3) is 0 Å². The van der Waals surface area contributed by atoms with Gasteiger partial charge in [0.2, 0.25) is 0 Å².